The predicted molar refractivity (Wildman–Crippen MR) is 113 cm³/mol. The van der Waals surface area contributed by atoms with Crippen molar-refractivity contribution in [1.82, 2.24) is 14.6 Å². The van der Waals surface area contributed by atoms with Gasteiger partial charge in [0.15, 0.2) is 0 Å². The summed E-state index contributed by atoms with van der Waals surface area (Å²) in [6.45, 7) is 4.23. The number of hydrogen-bond acceptors (Lipinski definition) is 3. The monoisotopic (exact) mass is 397 g/mol. The van der Waals surface area contributed by atoms with Crippen LogP contribution in [-0.2, 0) is 4.79 Å². The lowest BCUT2D eigenvalue weighted by molar-refractivity contribution is -0.119. The Balaban J connectivity index is 0.000000233. The van der Waals surface area contributed by atoms with E-state index >= 15 is 0 Å². The normalized spacial score (nSPS) is 21.4. The summed E-state index contributed by atoms with van der Waals surface area (Å²) >= 11 is 1.79. The van der Waals surface area contributed by atoms with E-state index in [2.05, 4.69) is 46.8 Å². The third kappa shape index (κ3) is 3.66. The highest BCUT2D eigenvalue weighted by molar-refractivity contribution is 7.97. The van der Waals surface area contributed by atoms with Crippen LogP contribution in [-0.4, -0.2) is 28.3 Å². The van der Waals surface area contributed by atoms with Gasteiger partial charge in [0.25, 0.3) is 0 Å². The van der Waals surface area contributed by atoms with Crippen LogP contribution in [0.4, 0.5) is 4.39 Å². The number of carbonyl (C=O) groups is 1. The number of hydrogen-bond donors (Lipinski definition) is 2. The van der Waals surface area contributed by atoms with Crippen molar-refractivity contribution >= 4 is 28.8 Å². The van der Waals surface area contributed by atoms with Crippen molar-refractivity contribution in [2.24, 2.45) is 0 Å². The van der Waals surface area contributed by atoms with Crippen LogP contribution in [0.2, 0.25) is 0 Å². The molecular formula is C22H24FN3OS. The topological polar surface area (TPSA) is 48.1 Å². The number of amides is 1. The average molecular weight is 398 g/mol. The Morgan fingerprint density at radius 2 is 2.00 bits per heavy atom. The number of nitrogens with one attached hydrogen (secondary N) is 2. The van der Waals surface area contributed by atoms with Crippen LogP contribution >= 0.6 is 11.9 Å². The van der Waals surface area contributed by atoms with Crippen LogP contribution in [0.1, 0.15) is 38.3 Å². The Bertz CT molecular complexity index is 1030. The Labute approximate surface area is 168 Å². The number of H-pyrrole nitrogens is 1. The maximum atomic E-state index is 13.3. The Kier molecular flexibility index (Phi) is 5.17. The van der Waals surface area contributed by atoms with Gasteiger partial charge in [-0.1, -0.05) is 6.07 Å². The van der Waals surface area contributed by atoms with Gasteiger partial charge in [-0.2, -0.15) is 0 Å². The van der Waals surface area contributed by atoms with Crippen LogP contribution in [0, 0.1) is 5.82 Å². The lowest BCUT2D eigenvalue weighted by Crippen LogP contribution is -2.21. The second-order valence-electron chi connectivity index (χ2n) is 7.47. The van der Waals surface area contributed by atoms with E-state index in [1.807, 2.05) is 19.2 Å². The zero-order chi connectivity index (χ0) is 19.8. The van der Waals surface area contributed by atoms with Crippen molar-refractivity contribution in [2.75, 3.05) is 7.05 Å². The molecule has 1 saturated heterocycles. The number of benzene rings is 2. The van der Waals surface area contributed by atoms with Crippen LogP contribution in [0.5, 0.6) is 0 Å². The van der Waals surface area contributed by atoms with Crippen LogP contribution < -0.4 is 5.32 Å². The zero-order valence-electron chi connectivity index (χ0n) is 16.3. The third-order valence-corrected chi connectivity index (χ3v) is 6.59. The van der Waals surface area contributed by atoms with Crippen molar-refractivity contribution < 1.29 is 9.18 Å². The van der Waals surface area contributed by atoms with Gasteiger partial charge in [0, 0.05) is 46.1 Å². The molecule has 2 unspecified atom stereocenters. The van der Waals surface area contributed by atoms with E-state index in [1.54, 1.807) is 18.0 Å². The van der Waals surface area contributed by atoms with E-state index in [9.17, 15) is 9.18 Å². The molecule has 0 bridgehead atoms. The molecule has 3 aromatic rings. The summed E-state index contributed by atoms with van der Waals surface area (Å²) in [4.78, 5) is 14.8. The summed E-state index contributed by atoms with van der Waals surface area (Å²) < 4.78 is 15.6. The molecule has 2 atom stereocenters. The molecular weight excluding hydrogens is 373 g/mol. The molecule has 3 heterocycles. The third-order valence-electron chi connectivity index (χ3n) is 5.41. The summed E-state index contributed by atoms with van der Waals surface area (Å²) in [6, 6.07) is 12.3. The first-order valence-corrected chi connectivity index (χ1v) is 10.3. The summed E-state index contributed by atoms with van der Waals surface area (Å²) in [6.07, 6.45) is 3.70. The van der Waals surface area contributed by atoms with Crippen LogP contribution in [0.3, 0.4) is 0 Å². The molecule has 0 saturated carbocycles. The van der Waals surface area contributed by atoms with Crippen molar-refractivity contribution in [2.45, 2.75) is 43.7 Å². The summed E-state index contributed by atoms with van der Waals surface area (Å²) in [7, 11) is 2.11. The molecule has 0 spiro atoms. The van der Waals surface area contributed by atoms with Gasteiger partial charge in [0.2, 0.25) is 5.91 Å². The average Bonchev–Trinajstić information content (AvgIpc) is 3.33. The molecule has 0 aliphatic carbocycles. The highest BCUT2D eigenvalue weighted by Crippen LogP contribution is 2.44. The standard InChI is InChI=1S/C17H15FN2S.C5H9NO/c1-10-14-7-11(3-6-17(14)21-20(10)2)15-9-19-16-8-12(18)4-5-13(15)16;1-4-2-3-5(7)6-4/h3-10,19H,1-2H3;4H,2-3H2,1H3,(H,6,7). The fourth-order valence-corrected chi connectivity index (χ4v) is 4.71. The summed E-state index contributed by atoms with van der Waals surface area (Å²) in [5.74, 6) is -0.0102. The largest absolute Gasteiger partial charge is 0.360 e. The second kappa shape index (κ2) is 7.60. The number of rotatable bonds is 1. The van der Waals surface area contributed by atoms with Gasteiger partial charge in [-0.05, 0) is 80.7 Å². The smallest absolute Gasteiger partial charge is 0.220 e. The van der Waals surface area contributed by atoms with Crippen molar-refractivity contribution in [1.29, 1.82) is 0 Å². The van der Waals surface area contributed by atoms with Gasteiger partial charge >= 0.3 is 0 Å². The number of aromatic nitrogens is 1. The molecule has 1 fully saturated rings. The van der Waals surface area contributed by atoms with Gasteiger partial charge in [0.1, 0.15) is 5.82 Å². The van der Waals surface area contributed by atoms with E-state index in [1.165, 1.54) is 22.1 Å². The second-order valence-corrected chi connectivity index (χ2v) is 8.66. The number of nitrogens with zero attached hydrogens (tertiary/aromatic N) is 1. The molecule has 2 aliphatic rings. The van der Waals surface area contributed by atoms with Crippen molar-refractivity contribution in [3.63, 3.8) is 0 Å². The molecule has 1 amide bonds. The minimum atomic E-state index is -0.212. The predicted octanol–water partition coefficient (Wildman–Crippen LogP) is 5.27. The quantitative estimate of drug-likeness (QED) is 0.550. The van der Waals surface area contributed by atoms with E-state index in [0.717, 1.165) is 29.3 Å². The van der Waals surface area contributed by atoms with Crippen LogP contribution in [0.15, 0.2) is 47.5 Å². The van der Waals surface area contributed by atoms with Crippen LogP contribution in [0.25, 0.3) is 22.0 Å². The minimum Gasteiger partial charge on any atom is -0.360 e. The van der Waals surface area contributed by atoms with Gasteiger partial charge in [-0.3, -0.25) is 4.79 Å². The Morgan fingerprint density at radius 1 is 1.18 bits per heavy atom. The van der Waals surface area contributed by atoms with E-state index in [0.29, 0.717) is 12.1 Å². The number of aromatic amines is 1. The molecule has 2 aliphatic heterocycles. The van der Waals surface area contributed by atoms with E-state index in [-0.39, 0.29) is 11.7 Å². The molecule has 5 rings (SSSR count). The van der Waals surface area contributed by atoms with Gasteiger partial charge < -0.3 is 10.3 Å². The fraction of sp³-hybridized carbons (Fsp3) is 0.318. The SMILES string of the molecule is CC1CCC(=O)N1.CC1c2cc(-c3c[nH]c4cc(F)ccc34)ccc2SN1C. The summed E-state index contributed by atoms with van der Waals surface area (Å²) in [5, 5.41) is 3.84. The highest BCUT2D eigenvalue weighted by Gasteiger charge is 2.25. The first-order valence-electron chi connectivity index (χ1n) is 9.53. The highest BCUT2D eigenvalue weighted by atomic mass is 32.2. The fourth-order valence-electron chi connectivity index (χ4n) is 3.66. The number of fused-ring (bicyclic) bond motifs is 2. The molecule has 2 aromatic carbocycles. The molecule has 0 radical (unpaired) electrons. The van der Waals surface area contributed by atoms with E-state index < -0.39 is 0 Å². The summed E-state index contributed by atoms with van der Waals surface area (Å²) in [5.41, 5.74) is 4.50. The molecule has 146 valence electrons. The molecule has 28 heavy (non-hydrogen) atoms. The lowest BCUT2D eigenvalue weighted by Gasteiger charge is -2.12. The zero-order valence-corrected chi connectivity index (χ0v) is 17.1. The van der Waals surface area contributed by atoms with Gasteiger partial charge in [-0.15, -0.1) is 0 Å². The maximum Gasteiger partial charge on any atom is 0.220 e. The van der Waals surface area contributed by atoms with Gasteiger partial charge in [0.05, 0.1) is 0 Å². The Morgan fingerprint density at radius 3 is 2.68 bits per heavy atom. The van der Waals surface area contributed by atoms with Gasteiger partial charge in [-0.25, -0.2) is 8.70 Å². The lowest BCUT2D eigenvalue weighted by atomic mass is 9.99. The molecule has 4 nitrogen and oxygen atoms in total. The van der Waals surface area contributed by atoms with E-state index in [4.69, 9.17) is 0 Å². The number of halogens is 1. The Hall–Kier alpha value is -2.31. The molecule has 1 aromatic heterocycles. The first-order chi connectivity index (χ1) is 13.4. The van der Waals surface area contributed by atoms with Crippen molar-refractivity contribution in [3.8, 4) is 11.1 Å². The maximum absolute atomic E-state index is 13.3. The molecule has 2 N–H and O–H groups in total. The minimum absolute atomic E-state index is 0.201. The van der Waals surface area contributed by atoms with Crippen molar-refractivity contribution in [3.05, 3.63) is 54.0 Å². The first kappa shape index (κ1) is 19.0. The number of carbonyl (C=O) groups excluding carboxylic acids is 1. The molecule has 6 heteroatoms.